The molecule has 0 spiro atoms. The highest BCUT2D eigenvalue weighted by molar-refractivity contribution is 7.91. The van der Waals surface area contributed by atoms with Crippen LogP contribution in [0.1, 0.15) is 18.4 Å². The van der Waals surface area contributed by atoms with E-state index in [-0.39, 0.29) is 23.0 Å². The summed E-state index contributed by atoms with van der Waals surface area (Å²) >= 11 is 1.39. The number of hydrogen-bond donors (Lipinski definition) is 0. The highest BCUT2D eigenvalue weighted by atomic mass is 32.2. The molecule has 0 radical (unpaired) electrons. The van der Waals surface area contributed by atoms with Crippen LogP contribution >= 0.6 is 11.3 Å². The first kappa shape index (κ1) is 25.1. The molecule has 0 bridgehead atoms. The maximum absolute atomic E-state index is 13.2. The number of anilines is 1. The van der Waals surface area contributed by atoms with Gasteiger partial charge in [0.1, 0.15) is 17.1 Å². The Morgan fingerprint density at radius 1 is 1.12 bits per heavy atom. The minimum absolute atomic E-state index is 0.00351. The Morgan fingerprint density at radius 3 is 2.45 bits per heavy atom. The van der Waals surface area contributed by atoms with Gasteiger partial charge in [0.2, 0.25) is 5.91 Å². The van der Waals surface area contributed by atoms with Gasteiger partial charge in [-0.3, -0.25) is 9.69 Å². The predicted molar refractivity (Wildman–Crippen MR) is 130 cm³/mol. The maximum atomic E-state index is 13.2. The lowest BCUT2D eigenvalue weighted by Crippen LogP contribution is -2.34. The number of carbonyl (C=O) groups is 1. The third-order valence-corrected chi connectivity index (χ3v) is 8.13. The van der Waals surface area contributed by atoms with Crippen molar-refractivity contribution < 1.29 is 22.3 Å². The van der Waals surface area contributed by atoms with E-state index in [1.807, 2.05) is 38.1 Å². The Morgan fingerprint density at radius 2 is 1.82 bits per heavy atom. The smallest absolute Gasteiger partial charge is 0.229 e. The summed E-state index contributed by atoms with van der Waals surface area (Å²) in [6.07, 6.45) is 0.503. The number of aryl methyl sites for hydroxylation is 1. The van der Waals surface area contributed by atoms with Crippen LogP contribution in [-0.2, 0) is 14.6 Å². The Balaban J connectivity index is 1.85. The number of carbonyl (C=O) groups excluding carboxylic acids is 1. The molecule has 1 amide bonds. The van der Waals surface area contributed by atoms with Crippen LogP contribution in [0.4, 0.5) is 9.52 Å². The molecular formula is C23H28FN3O4S2. The third kappa shape index (κ3) is 6.07. The predicted octanol–water partition coefficient (Wildman–Crippen LogP) is 3.90. The Kier molecular flexibility index (Phi) is 8.04. The molecule has 3 aromatic rings. The Bertz CT molecular complexity index is 1220. The normalized spacial score (nSPS) is 11.8. The van der Waals surface area contributed by atoms with Gasteiger partial charge in [0.05, 0.1) is 22.5 Å². The summed E-state index contributed by atoms with van der Waals surface area (Å²) in [4.78, 5) is 21.4. The number of methoxy groups -OCH3 is 1. The number of rotatable bonds is 10. The van der Waals surface area contributed by atoms with Crippen LogP contribution in [0.5, 0.6) is 5.75 Å². The van der Waals surface area contributed by atoms with Crippen molar-refractivity contribution in [3.8, 4) is 5.75 Å². The molecule has 1 heterocycles. The summed E-state index contributed by atoms with van der Waals surface area (Å²) in [5, 5.41) is 0.514. The average molecular weight is 494 g/mol. The molecule has 0 aliphatic carbocycles. The van der Waals surface area contributed by atoms with Crippen molar-refractivity contribution in [2.75, 3.05) is 44.9 Å². The highest BCUT2D eigenvalue weighted by Crippen LogP contribution is 2.36. The van der Waals surface area contributed by atoms with Crippen molar-refractivity contribution in [1.82, 2.24) is 9.88 Å². The molecule has 1 aromatic heterocycles. The zero-order chi connectivity index (χ0) is 24.2. The number of thiazole rings is 1. The maximum Gasteiger partial charge on any atom is 0.229 e. The van der Waals surface area contributed by atoms with E-state index in [0.717, 1.165) is 28.9 Å². The SMILES string of the molecule is COc1ccc(C)c2sc(N(CCCN(C)C)C(=O)CCS(=O)(=O)c3ccc(F)cc3)nc12. The second kappa shape index (κ2) is 10.6. The van der Waals surface area contributed by atoms with E-state index in [2.05, 4.69) is 4.98 Å². The van der Waals surface area contributed by atoms with Crippen LogP contribution in [0.25, 0.3) is 10.2 Å². The van der Waals surface area contributed by atoms with Crippen LogP contribution in [0.2, 0.25) is 0 Å². The minimum atomic E-state index is -3.72. The number of amides is 1. The number of benzene rings is 2. The van der Waals surface area contributed by atoms with E-state index in [9.17, 15) is 17.6 Å². The molecule has 0 unspecified atom stereocenters. The fraction of sp³-hybridized carbons (Fsp3) is 0.391. The van der Waals surface area contributed by atoms with Crippen molar-refractivity contribution >= 4 is 42.4 Å². The van der Waals surface area contributed by atoms with Crippen LogP contribution in [0.3, 0.4) is 0 Å². The van der Waals surface area contributed by atoms with Gasteiger partial charge in [-0.05, 0) is 69.9 Å². The van der Waals surface area contributed by atoms with Crippen molar-refractivity contribution in [3.63, 3.8) is 0 Å². The van der Waals surface area contributed by atoms with E-state index < -0.39 is 15.7 Å². The molecule has 0 saturated carbocycles. The lowest BCUT2D eigenvalue weighted by atomic mass is 10.2. The molecule has 2 aromatic carbocycles. The van der Waals surface area contributed by atoms with Gasteiger partial charge in [-0.1, -0.05) is 17.4 Å². The molecule has 178 valence electrons. The fourth-order valence-electron chi connectivity index (χ4n) is 3.37. The van der Waals surface area contributed by atoms with Gasteiger partial charge in [0, 0.05) is 13.0 Å². The lowest BCUT2D eigenvalue weighted by Gasteiger charge is -2.21. The first-order valence-electron chi connectivity index (χ1n) is 10.5. The number of aromatic nitrogens is 1. The quantitative estimate of drug-likeness (QED) is 0.399. The molecule has 33 heavy (non-hydrogen) atoms. The van der Waals surface area contributed by atoms with E-state index in [0.29, 0.717) is 29.4 Å². The van der Waals surface area contributed by atoms with E-state index in [1.54, 1.807) is 12.0 Å². The number of sulfone groups is 1. The number of hydrogen-bond acceptors (Lipinski definition) is 7. The summed E-state index contributed by atoms with van der Waals surface area (Å²) in [6.45, 7) is 3.15. The summed E-state index contributed by atoms with van der Waals surface area (Å²) in [5.41, 5.74) is 1.70. The monoisotopic (exact) mass is 493 g/mol. The molecular weight excluding hydrogens is 465 g/mol. The number of nitrogens with zero attached hydrogens (tertiary/aromatic N) is 3. The van der Waals surface area contributed by atoms with Crippen molar-refractivity contribution in [1.29, 1.82) is 0 Å². The van der Waals surface area contributed by atoms with E-state index >= 15 is 0 Å². The molecule has 0 fully saturated rings. The molecule has 0 aliphatic rings. The molecule has 3 rings (SSSR count). The second-order valence-corrected chi connectivity index (χ2v) is 11.1. The summed E-state index contributed by atoms with van der Waals surface area (Å²) in [5.74, 6) is -0.582. The highest BCUT2D eigenvalue weighted by Gasteiger charge is 2.24. The summed E-state index contributed by atoms with van der Waals surface area (Å²) in [7, 11) is 1.75. The van der Waals surface area contributed by atoms with Gasteiger partial charge in [0.15, 0.2) is 15.0 Å². The van der Waals surface area contributed by atoms with Crippen LogP contribution in [0, 0.1) is 12.7 Å². The van der Waals surface area contributed by atoms with Gasteiger partial charge < -0.3 is 9.64 Å². The first-order chi connectivity index (χ1) is 15.6. The topological polar surface area (TPSA) is 79.8 Å². The number of halogens is 1. The van der Waals surface area contributed by atoms with Gasteiger partial charge in [-0.25, -0.2) is 17.8 Å². The van der Waals surface area contributed by atoms with E-state index in [1.165, 1.54) is 23.5 Å². The zero-order valence-corrected chi connectivity index (χ0v) is 20.8. The molecule has 0 saturated heterocycles. The lowest BCUT2D eigenvalue weighted by molar-refractivity contribution is -0.118. The molecule has 10 heteroatoms. The molecule has 0 aliphatic heterocycles. The van der Waals surface area contributed by atoms with Gasteiger partial charge in [-0.15, -0.1) is 0 Å². The summed E-state index contributed by atoms with van der Waals surface area (Å²) < 4.78 is 44.8. The first-order valence-corrected chi connectivity index (χ1v) is 13.0. The number of ether oxygens (including phenoxy) is 1. The molecule has 0 atom stereocenters. The minimum Gasteiger partial charge on any atom is -0.494 e. The fourth-order valence-corrected chi connectivity index (χ4v) is 5.69. The largest absolute Gasteiger partial charge is 0.494 e. The average Bonchev–Trinajstić information content (AvgIpc) is 3.21. The zero-order valence-electron chi connectivity index (χ0n) is 19.2. The number of fused-ring (bicyclic) bond motifs is 1. The molecule has 7 nitrogen and oxygen atoms in total. The van der Waals surface area contributed by atoms with Crippen molar-refractivity contribution in [2.24, 2.45) is 0 Å². The third-order valence-electron chi connectivity index (χ3n) is 5.19. The Labute approximate surface area is 197 Å². The van der Waals surface area contributed by atoms with Crippen LogP contribution in [-0.4, -0.2) is 64.3 Å². The van der Waals surface area contributed by atoms with Crippen molar-refractivity contribution in [2.45, 2.75) is 24.7 Å². The van der Waals surface area contributed by atoms with Gasteiger partial charge in [0.25, 0.3) is 0 Å². The van der Waals surface area contributed by atoms with Gasteiger partial charge >= 0.3 is 0 Å². The second-order valence-electron chi connectivity index (χ2n) is 7.98. The van der Waals surface area contributed by atoms with Crippen molar-refractivity contribution in [3.05, 3.63) is 47.8 Å². The van der Waals surface area contributed by atoms with E-state index in [4.69, 9.17) is 4.74 Å². The van der Waals surface area contributed by atoms with Crippen LogP contribution < -0.4 is 9.64 Å². The van der Waals surface area contributed by atoms with Gasteiger partial charge in [-0.2, -0.15) is 0 Å². The van der Waals surface area contributed by atoms with Crippen LogP contribution in [0.15, 0.2) is 41.3 Å². The molecule has 0 N–H and O–H groups in total. The standard InChI is InChI=1S/C23H28FN3O4S2/c1-16-6-11-19(31-4)21-22(16)32-23(25-21)27(14-5-13-26(2)3)20(28)12-15-33(29,30)18-9-7-17(24)8-10-18/h6-11H,5,12-15H2,1-4H3. The Hall–Kier alpha value is -2.56. The summed E-state index contributed by atoms with van der Waals surface area (Å²) in [6, 6.07) is 8.41.